The van der Waals surface area contributed by atoms with Crippen molar-refractivity contribution >= 4 is 46.1 Å². The lowest BCUT2D eigenvalue weighted by molar-refractivity contribution is -0.136. The number of amides is 5. The van der Waals surface area contributed by atoms with Crippen LogP contribution < -0.4 is 21.3 Å². The van der Waals surface area contributed by atoms with Crippen molar-refractivity contribution in [2.75, 3.05) is 78.3 Å². The largest absolute Gasteiger partial charge is 0.384 e. The van der Waals surface area contributed by atoms with Crippen LogP contribution >= 0.6 is 0 Å². The van der Waals surface area contributed by atoms with Gasteiger partial charge in [0, 0.05) is 56.5 Å². The molecule has 0 spiro atoms. The maximum Gasteiger partial charge on any atom is 0.264 e. The van der Waals surface area contributed by atoms with Crippen molar-refractivity contribution in [3.8, 4) is 11.3 Å². The fourth-order valence-electron chi connectivity index (χ4n) is 9.01. The van der Waals surface area contributed by atoms with Gasteiger partial charge in [-0.3, -0.25) is 34.2 Å². The highest BCUT2D eigenvalue weighted by Gasteiger charge is 2.45. The lowest BCUT2D eigenvalue weighted by Crippen LogP contribution is -2.54. The highest BCUT2D eigenvalue weighted by atomic mass is 19.1. The number of fused-ring (bicyclic) bond motifs is 1. The molecule has 0 bridgehead atoms. The second-order valence-corrected chi connectivity index (χ2v) is 16.9. The Kier molecular flexibility index (Phi) is 16.3. The Morgan fingerprint density at radius 1 is 0.809 bits per heavy atom. The van der Waals surface area contributed by atoms with E-state index in [-0.39, 0.29) is 29.9 Å². The predicted molar refractivity (Wildman–Crippen MR) is 249 cm³/mol. The van der Waals surface area contributed by atoms with E-state index in [0.717, 1.165) is 64.1 Å². The first-order valence-electron chi connectivity index (χ1n) is 23.4. The molecular formula is C49H58FN9O9. The highest BCUT2D eigenvalue weighted by Crippen LogP contribution is 2.38. The van der Waals surface area contributed by atoms with Crippen LogP contribution in [0.25, 0.3) is 22.2 Å². The van der Waals surface area contributed by atoms with E-state index < -0.39 is 35.5 Å². The number of nitrogens with one attached hydrogen (secondary N) is 4. The molecule has 0 saturated carbocycles. The van der Waals surface area contributed by atoms with Crippen LogP contribution in [0.2, 0.25) is 0 Å². The van der Waals surface area contributed by atoms with Crippen LogP contribution in [0.3, 0.4) is 0 Å². The maximum absolute atomic E-state index is 15.0. The fraction of sp³-hybridized carbons (Fsp3) is 0.449. The smallest absolute Gasteiger partial charge is 0.264 e. The fourth-order valence-corrected chi connectivity index (χ4v) is 9.01. The van der Waals surface area contributed by atoms with Crippen molar-refractivity contribution in [1.29, 1.82) is 0 Å². The summed E-state index contributed by atoms with van der Waals surface area (Å²) >= 11 is 0. The van der Waals surface area contributed by atoms with Gasteiger partial charge in [0.15, 0.2) is 0 Å². The summed E-state index contributed by atoms with van der Waals surface area (Å²) in [4.78, 5) is 64.2. The van der Waals surface area contributed by atoms with Crippen molar-refractivity contribution in [2.45, 2.75) is 70.6 Å². The number of nitrogens with zero attached hydrogens (tertiary/aromatic N) is 5. The van der Waals surface area contributed by atoms with Crippen molar-refractivity contribution in [3.63, 3.8) is 0 Å². The summed E-state index contributed by atoms with van der Waals surface area (Å²) in [6.45, 7) is 6.40. The van der Waals surface area contributed by atoms with E-state index in [1.54, 1.807) is 28.9 Å². The van der Waals surface area contributed by atoms with Crippen molar-refractivity contribution in [1.82, 2.24) is 40.4 Å². The van der Waals surface area contributed by atoms with Crippen LogP contribution in [0.1, 0.15) is 80.0 Å². The van der Waals surface area contributed by atoms with Gasteiger partial charge >= 0.3 is 0 Å². The van der Waals surface area contributed by atoms with E-state index in [4.69, 9.17) is 18.9 Å². The third kappa shape index (κ3) is 11.3. The molecule has 4 N–H and O–H groups in total. The SMILES string of the molecule is CNCc1ccc(-c2c3c4c(cc(F)cc4n2CCCCc2cn(CCOCCOCCOCCOCCCNc4cccc5c4C(=O)N(C4CCC(=O)NC4=O)C5=O)nn2)C(=O)NCC3)cc1. The summed E-state index contributed by atoms with van der Waals surface area (Å²) in [5, 5.41) is 21.0. The Morgan fingerprint density at radius 2 is 1.56 bits per heavy atom. The summed E-state index contributed by atoms with van der Waals surface area (Å²) in [6, 6.07) is 15.3. The monoisotopic (exact) mass is 935 g/mol. The van der Waals surface area contributed by atoms with Gasteiger partial charge < -0.3 is 39.5 Å². The molecule has 3 aromatic carbocycles. The molecule has 8 rings (SSSR count). The van der Waals surface area contributed by atoms with Gasteiger partial charge in [-0.05, 0) is 86.5 Å². The van der Waals surface area contributed by atoms with E-state index in [1.165, 1.54) is 11.6 Å². The quantitative estimate of drug-likeness (QED) is 0.0457. The third-order valence-corrected chi connectivity index (χ3v) is 12.2. The molecule has 3 aliphatic rings. The molecule has 5 amide bonds. The standard InChI is InChI=1S/C49H58FN9O9/c1-51-30-32-9-11-33(12-10-32)45-36-15-17-53-46(61)38-28-34(50)29-41(43(36)38)58(45)18-3-2-6-35-31-57(56-55-35)19-21-66-23-25-68-27-26-67-24-22-65-20-5-16-52-39-8-4-7-37-44(39)49(64)59(48(37)63)40-13-14-42(60)54-47(40)62/h4,7-12,28-29,31,40,51-52H,2-3,5-6,13-27,30H2,1H3,(H,53,61)(H,54,60,62). The van der Waals surface area contributed by atoms with Crippen molar-refractivity contribution in [2.24, 2.45) is 0 Å². The van der Waals surface area contributed by atoms with Gasteiger partial charge in [0.2, 0.25) is 11.8 Å². The summed E-state index contributed by atoms with van der Waals surface area (Å²) in [6.07, 6.45) is 5.83. The number of unbranched alkanes of at least 4 members (excludes halogenated alkanes) is 1. The average Bonchev–Trinajstić information content (AvgIpc) is 3.95. The van der Waals surface area contributed by atoms with Crippen LogP contribution in [-0.4, -0.2) is 133 Å². The predicted octanol–water partition coefficient (Wildman–Crippen LogP) is 4.04. The normalized spacial score (nSPS) is 15.8. The minimum atomic E-state index is -1.01. The number of hydrogen-bond acceptors (Lipinski definition) is 13. The Hall–Kier alpha value is -6.38. The van der Waals surface area contributed by atoms with Crippen molar-refractivity contribution < 1.29 is 47.3 Å². The summed E-state index contributed by atoms with van der Waals surface area (Å²) in [5.74, 6) is -2.82. The molecule has 19 heteroatoms. The van der Waals surface area contributed by atoms with Gasteiger partial charge in [0.25, 0.3) is 17.7 Å². The second kappa shape index (κ2) is 23.1. The van der Waals surface area contributed by atoms with Crippen LogP contribution in [0.5, 0.6) is 0 Å². The lowest BCUT2D eigenvalue weighted by atomic mass is 9.99. The third-order valence-electron chi connectivity index (χ3n) is 12.2. The zero-order valence-electron chi connectivity index (χ0n) is 38.3. The molecule has 18 nitrogen and oxygen atoms in total. The minimum Gasteiger partial charge on any atom is -0.384 e. The minimum absolute atomic E-state index is 0.0642. The molecule has 2 aromatic heterocycles. The number of rotatable bonds is 26. The first-order valence-corrected chi connectivity index (χ1v) is 23.4. The molecular weight excluding hydrogens is 878 g/mol. The van der Waals surface area contributed by atoms with Crippen molar-refractivity contribution in [3.05, 3.63) is 100 Å². The van der Waals surface area contributed by atoms with Crippen LogP contribution in [0.4, 0.5) is 10.1 Å². The zero-order chi connectivity index (χ0) is 47.4. The molecule has 1 saturated heterocycles. The number of aryl methyl sites for hydroxylation is 2. The molecule has 5 heterocycles. The first kappa shape index (κ1) is 48.1. The molecule has 68 heavy (non-hydrogen) atoms. The lowest BCUT2D eigenvalue weighted by Gasteiger charge is -2.27. The topological polar surface area (TPSA) is 209 Å². The van der Waals surface area contributed by atoms with Crippen LogP contribution in [0.15, 0.2) is 60.8 Å². The molecule has 3 aliphatic heterocycles. The maximum atomic E-state index is 15.0. The number of hydrogen-bond donors (Lipinski definition) is 4. The number of piperidine rings is 1. The molecule has 1 fully saturated rings. The molecule has 360 valence electrons. The Labute approximate surface area is 393 Å². The number of carbonyl (C=O) groups is 5. The summed E-state index contributed by atoms with van der Waals surface area (Å²) < 4.78 is 41.6. The zero-order valence-corrected chi connectivity index (χ0v) is 38.3. The summed E-state index contributed by atoms with van der Waals surface area (Å²) in [5.41, 5.74) is 7.30. The average molecular weight is 936 g/mol. The van der Waals surface area contributed by atoms with Gasteiger partial charge in [-0.2, -0.15) is 0 Å². The van der Waals surface area contributed by atoms with Gasteiger partial charge in [0.1, 0.15) is 11.9 Å². The van der Waals surface area contributed by atoms with E-state index in [2.05, 4.69) is 60.4 Å². The van der Waals surface area contributed by atoms with Gasteiger partial charge in [-0.15, -0.1) is 5.10 Å². The van der Waals surface area contributed by atoms with Gasteiger partial charge in [-0.1, -0.05) is 35.5 Å². The first-order chi connectivity index (χ1) is 33.2. The number of carbonyl (C=O) groups excluding carboxylic acids is 5. The Balaban J connectivity index is 0.668. The second-order valence-electron chi connectivity index (χ2n) is 16.9. The number of halogens is 1. The number of aromatic nitrogens is 4. The highest BCUT2D eigenvalue weighted by molar-refractivity contribution is 6.25. The van der Waals surface area contributed by atoms with Gasteiger partial charge in [-0.25, -0.2) is 9.07 Å². The van der Waals surface area contributed by atoms with E-state index in [0.29, 0.717) is 103 Å². The Bertz CT molecular complexity index is 2610. The number of benzene rings is 3. The molecule has 0 aliphatic carbocycles. The number of imide groups is 2. The summed E-state index contributed by atoms with van der Waals surface area (Å²) in [7, 11) is 1.92. The molecule has 0 radical (unpaired) electrons. The molecule has 1 unspecified atom stereocenters. The molecule has 5 aromatic rings. The van der Waals surface area contributed by atoms with E-state index in [9.17, 15) is 28.4 Å². The molecule has 1 atom stereocenters. The van der Waals surface area contributed by atoms with E-state index >= 15 is 0 Å². The number of ether oxygens (including phenoxy) is 4. The van der Waals surface area contributed by atoms with Gasteiger partial charge in [0.05, 0.1) is 86.4 Å². The van der Waals surface area contributed by atoms with Crippen LogP contribution in [-0.2, 0) is 61.0 Å². The van der Waals surface area contributed by atoms with E-state index in [1.807, 2.05) is 13.2 Å². The number of anilines is 1. The van der Waals surface area contributed by atoms with Crippen LogP contribution in [0, 0.1) is 5.82 Å². The Morgan fingerprint density at radius 3 is 2.31 bits per heavy atom.